The molecule has 2 unspecified atom stereocenters. The van der Waals surface area contributed by atoms with E-state index in [2.05, 4.69) is 42.6 Å². The van der Waals surface area contributed by atoms with E-state index in [1.54, 1.807) is 0 Å². The lowest BCUT2D eigenvalue weighted by atomic mass is 9.72. The summed E-state index contributed by atoms with van der Waals surface area (Å²) in [5.74, 6) is 1.77. The number of nitrogens with one attached hydrogen (secondary N) is 1. The molecule has 0 aromatic heterocycles. The van der Waals surface area contributed by atoms with E-state index in [-0.39, 0.29) is 0 Å². The maximum absolute atomic E-state index is 5.91. The lowest BCUT2D eigenvalue weighted by Crippen LogP contribution is -2.42. The van der Waals surface area contributed by atoms with E-state index in [1.807, 2.05) is 0 Å². The van der Waals surface area contributed by atoms with Crippen molar-refractivity contribution < 1.29 is 4.74 Å². The third kappa shape index (κ3) is 2.55. The van der Waals surface area contributed by atoms with Crippen molar-refractivity contribution in [3.8, 4) is 0 Å². The Bertz CT molecular complexity index is 466. The molecule has 2 heteroatoms. The van der Waals surface area contributed by atoms with Crippen LogP contribution < -0.4 is 5.32 Å². The zero-order valence-corrected chi connectivity index (χ0v) is 11.7. The van der Waals surface area contributed by atoms with Crippen LogP contribution in [0.3, 0.4) is 0 Å². The van der Waals surface area contributed by atoms with Crippen LogP contribution in [-0.2, 0) is 11.2 Å². The minimum Gasteiger partial charge on any atom is -0.497 e. The normalized spacial score (nSPS) is 22.8. The lowest BCUT2D eigenvalue weighted by molar-refractivity contribution is 0.157. The summed E-state index contributed by atoms with van der Waals surface area (Å²) >= 11 is 0. The van der Waals surface area contributed by atoms with Gasteiger partial charge in [0, 0.05) is 5.92 Å². The molecule has 0 saturated carbocycles. The molecule has 1 aromatic rings. The van der Waals surface area contributed by atoms with E-state index in [0.29, 0.717) is 12.0 Å². The minimum atomic E-state index is 0.371. The molecule has 0 bridgehead atoms. The highest BCUT2D eigenvalue weighted by Crippen LogP contribution is 2.40. The van der Waals surface area contributed by atoms with Crippen LogP contribution in [0.2, 0.25) is 0 Å². The largest absolute Gasteiger partial charge is 0.497 e. The molecule has 0 amide bonds. The molecule has 0 radical (unpaired) electrons. The summed E-state index contributed by atoms with van der Waals surface area (Å²) < 4.78 is 5.91. The molecule has 0 saturated heterocycles. The van der Waals surface area contributed by atoms with Gasteiger partial charge in [0.1, 0.15) is 5.76 Å². The number of ether oxygens (including phenoxy) is 1. The van der Waals surface area contributed by atoms with Gasteiger partial charge in [-0.2, -0.15) is 0 Å². The van der Waals surface area contributed by atoms with Crippen molar-refractivity contribution >= 4 is 0 Å². The van der Waals surface area contributed by atoms with Crippen LogP contribution in [0.15, 0.2) is 36.1 Å². The molecular formula is C17H23NO. The van der Waals surface area contributed by atoms with E-state index < -0.39 is 0 Å². The van der Waals surface area contributed by atoms with E-state index in [9.17, 15) is 0 Å². The highest BCUT2D eigenvalue weighted by Gasteiger charge is 2.35. The van der Waals surface area contributed by atoms with Gasteiger partial charge >= 0.3 is 0 Å². The average Bonchev–Trinajstić information content (AvgIpc) is 2.45. The third-order valence-corrected chi connectivity index (χ3v) is 4.18. The fraction of sp³-hybridized carbons (Fsp3) is 0.529. The van der Waals surface area contributed by atoms with Crippen LogP contribution >= 0.6 is 0 Å². The first kappa shape index (κ1) is 12.7. The molecule has 2 atom stereocenters. The predicted octanol–water partition coefficient (Wildman–Crippen LogP) is 3.39. The Labute approximate surface area is 115 Å². The Balaban J connectivity index is 1.79. The second-order valence-corrected chi connectivity index (χ2v) is 5.54. The molecule has 0 spiro atoms. The summed E-state index contributed by atoms with van der Waals surface area (Å²) in [7, 11) is 0. The van der Waals surface area contributed by atoms with Crippen molar-refractivity contribution in [2.45, 2.75) is 44.6 Å². The van der Waals surface area contributed by atoms with E-state index in [0.717, 1.165) is 32.4 Å². The monoisotopic (exact) mass is 257 g/mol. The first-order chi connectivity index (χ1) is 9.40. The maximum Gasteiger partial charge on any atom is 0.110 e. The zero-order chi connectivity index (χ0) is 13.1. The second kappa shape index (κ2) is 5.79. The molecule has 1 aliphatic carbocycles. The van der Waals surface area contributed by atoms with Crippen molar-refractivity contribution in [1.29, 1.82) is 0 Å². The Morgan fingerprint density at radius 3 is 3.00 bits per heavy atom. The van der Waals surface area contributed by atoms with Gasteiger partial charge in [0.15, 0.2) is 0 Å². The van der Waals surface area contributed by atoms with Crippen LogP contribution in [0.1, 0.15) is 43.2 Å². The molecule has 3 rings (SSSR count). The van der Waals surface area contributed by atoms with Gasteiger partial charge in [0.25, 0.3) is 0 Å². The van der Waals surface area contributed by atoms with Gasteiger partial charge in [-0.15, -0.1) is 0 Å². The number of hydrogen-bond acceptors (Lipinski definition) is 2. The Morgan fingerprint density at radius 1 is 1.37 bits per heavy atom. The van der Waals surface area contributed by atoms with Gasteiger partial charge in [0.2, 0.25) is 0 Å². The van der Waals surface area contributed by atoms with Crippen LogP contribution in [-0.4, -0.2) is 19.2 Å². The average molecular weight is 257 g/mol. The summed E-state index contributed by atoms with van der Waals surface area (Å²) in [5.41, 5.74) is 3.01. The van der Waals surface area contributed by atoms with Crippen LogP contribution in [0.25, 0.3) is 0 Å². The highest BCUT2D eigenvalue weighted by atomic mass is 16.5. The Hall–Kier alpha value is -1.28. The Morgan fingerprint density at radius 2 is 2.26 bits per heavy atom. The first-order valence-electron chi connectivity index (χ1n) is 7.54. The summed E-state index contributed by atoms with van der Waals surface area (Å²) in [6.45, 7) is 4.16. The molecule has 1 heterocycles. The molecule has 102 valence electrons. The minimum absolute atomic E-state index is 0.371. The second-order valence-electron chi connectivity index (χ2n) is 5.54. The number of allylic oxidation sites excluding steroid dienone is 1. The molecular weight excluding hydrogens is 234 g/mol. The fourth-order valence-electron chi connectivity index (χ4n) is 3.13. The third-order valence-electron chi connectivity index (χ3n) is 4.18. The number of rotatable bonds is 5. The van der Waals surface area contributed by atoms with Crippen LogP contribution in [0, 0.1) is 0 Å². The SMILES string of the molecule is CCCNC(C1=CCCCO1)C1Cc2ccccc21. The van der Waals surface area contributed by atoms with Crippen molar-refractivity contribution in [3.63, 3.8) is 0 Å². The zero-order valence-electron chi connectivity index (χ0n) is 11.7. The van der Waals surface area contributed by atoms with Gasteiger partial charge in [-0.1, -0.05) is 31.2 Å². The highest BCUT2D eigenvalue weighted by molar-refractivity contribution is 5.43. The summed E-state index contributed by atoms with van der Waals surface area (Å²) in [4.78, 5) is 0. The van der Waals surface area contributed by atoms with Gasteiger partial charge in [0.05, 0.1) is 12.6 Å². The topological polar surface area (TPSA) is 21.3 Å². The van der Waals surface area contributed by atoms with Gasteiger partial charge in [-0.05, 0) is 49.4 Å². The molecule has 1 aliphatic heterocycles. The van der Waals surface area contributed by atoms with Crippen LogP contribution in [0.4, 0.5) is 0 Å². The van der Waals surface area contributed by atoms with Crippen LogP contribution in [0.5, 0.6) is 0 Å². The molecule has 0 fully saturated rings. The number of hydrogen-bond donors (Lipinski definition) is 1. The summed E-state index contributed by atoms with van der Waals surface area (Å²) in [5, 5.41) is 3.69. The summed E-state index contributed by atoms with van der Waals surface area (Å²) in [6.07, 6.45) is 6.95. The number of benzene rings is 1. The molecule has 19 heavy (non-hydrogen) atoms. The summed E-state index contributed by atoms with van der Waals surface area (Å²) in [6, 6.07) is 9.18. The smallest absolute Gasteiger partial charge is 0.110 e. The number of fused-ring (bicyclic) bond motifs is 1. The van der Waals surface area contributed by atoms with Crippen molar-refractivity contribution in [1.82, 2.24) is 5.32 Å². The lowest BCUT2D eigenvalue weighted by Gasteiger charge is -2.38. The Kier molecular flexibility index (Phi) is 3.88. The van der Waals surface area contributed by atoms with Gasteiger partial charge < -0.3 is 10.1 Å². The molecule has 1 N–H and O–H groups in total. The van der Waals surface area contributed by atoms with Crippen molar-refractivity contribution in [2.75, 3.05) is 13.2 Å². The standard InChI is InChI=1S/C17H23NO/c1-2-10-18-17(16-9-5-6-11-19-16)15-12-13-7-3-4-8-14(13)15/h3-4,7-9,15,17-18H,2,5-6,10-12H2,1H3. The first-order valence-corrected chi connectivity index (χ1v) is 7.54. The van der Waals surface area contributed by atoms with E-state index in [4.69, 9.17) is 4.74 Å². The predicted molar refractivity (Wildman–Crippen MR) is 78.2 cm³/mol. The van der Waals surface area contributed by atoms with E-state index >= 15 is 0 Å². The van der Waals surface area contributed by atoms with Crippen molar-refractivity contribution in [2.24, 2.45) is 0 Å². The molecule has 1 aromatic carbocycles. The fourth-order valence-corrected chi connectivity index (χ4v) is 3.13. The van der Waals surface area contributed by atoms with Gasteiger partial charge in [-0.3, -0.25) is 0 Å². The molecule has 2 aliphatic rings. The van der Waals surface area contributed by atoms with Crippen molar-refractivity contribution in [3.05, 3.63) is 47.2 Å². The van der Waals surface area contributed by atoms with E-state index in [1.165, 1.54) is 23.3 Å². The quantitative estimate of drug-likeness (QED) is 0.873. The molecule has 2 nitrogen and oxygen atoms in total. The maximum atomic E-state index is 5.91. The van der Waals surface area contributed by atoms with Gasteiger partial charge in [-0.25, -0.2) is 0 Å².